The lowest BCUT2D eigenvalue weighted by molar-refractivity contribution is -0.414. The van der Waals surface area contributed by atoms with Crippen LogP contribution in [0, 0.1) is 11.8 Å². The highest BCUT2D eigenvalue weighted by atomic mass is 35.5. The first-order valence-electron chi connectivity index (χ1n) is 12.5. The molecular weight excluding hydrogens is 462 g/mol. The summed E-state index contributed by atoms with van der Waals surface area (Å²) in [6.45, 7) is 8.79. The summed E-state index contributed by atoms with van der Waals surface area (Å²) in [7, 11) is 0. The number of carbonyl (C=O) groups excluding carboxylic acids is 2. The lowest BCUT2D eigenvalue weighted by Crippen LogP contribution is -3.00. The predicted octanol–water partition coefficient (Wildman–Crippen LogP) is 1.66. The molecule has 3 rings (SSSR count). The highest BCUT2D eigenvalue weighted by Gasteiger charge is 2.42. The first-order valence-corrected chi connectivity index (χ1v) is 12.5. The summed E-state index contributed by atoms with van der Waals surface area (Å²) < 4.78 is 11.4. The predicted molar refractivity (Wildman–Crippen MR) is 133 cm³/mol. The zero-order chi connectivity index (χ0) is 24.7. The molecular formula is C29H40ClNO4. The fourth-order valence-corrected chi connectivity index (χ4v) is 5.37. The second kappa shape index (κ2) is 13.1. The van der Waals surface area contributed by atoms with Gasteiger partial charge in [0.25, 0.3) is 0 Å². The number of benzene rings is 2. The van der Waals surface area contributed by atoms with Crippen LogP contribution in [0.25, 0.3) is 0 Å². The fraction of sp³-hybridized carbons (Fsp3) is 0.517. The van der Waals surface area contributed by atoms with Crippen molar-refractivity contribution in [2.45, 2.75) is 76.9 Å². The average molecular weight is 502 g/mol. The van der Waals surface area contributed by atoms with Crippen molar-refractivity contribution in [3.05, 3.63) is 71.8 Å². The third-order valence-corrected chi connectivity index (χ3v) is 7.47. The molecule has 2 aromatic rings. The first kappa shape index (κ1) is 28.9. The van der Waals surface area contributed by atoms with Crippen molar-refractivity contribution in [2.75, 3.05) is 6.61 Å². The molecule has 6 heteroatoms. The van der Waals surface area contributed by atoms with E-state index in [1.165, 1.54) is 5.56 Å². The van der Waals surface area contributed by atoms with E-state index in [0.717, 1.165) is 24.8 Å². The number of halogens is 1. The molecule has 5 nitrogen and oxygen atoms in total. The van der Waals surface area contributed by atoms with Crippen molar-refractivity contribution in [2.24, 2.45) is 11.8 Å². The lowest BCUT2D eigenvalue weighted by Gasteiger charge is -2.44. The van der Waals surface area contributed by atoms with E-state index in [4.69, 9.17) is 9.47 Å². The Labute approximate surface area is 216 Å². The van der Waals surface area contributed by atoms with Gasteiger partial charge in [-0.2, -0.15) is 0 Å². The molecule has 0 saturated heterocycles. The van der Waals surface area contributed by atoms with E-state index in [-0.39, 0.29) is 48.8 Å². The molecule has 0 spiro atoms. The Morgan fingerprint density at radius 1 is 1.03 bits per heavy atom. The second-order valence-corrected chi connectivity index (χ2v) is 10.2. The summed E-state index contributed by atoms with van der Waals surface area (Å²) >= 11 is 0. The molecule has 0 bridgehead atoms. The van der Waals surface area contributed by atoms with E-state index >= 15 is 0 Å². The molecule has 1 aliphatic rings. The van der Waals surface area contributed by atoms with E-state index in [0.29, 0.717) is 5.92 Å². The van der Waals surface area contributed by atoms with Crippen molar-refractivity contribution in [3.63, 3.8) is 0 Å². The molecule has 1 aliphatic carbocycles. The van der Waals surface area contributed by atoms with Gasteiger partial charge in [-0.3, -0.25) is 4.79 Å². The minimum atomic E-state index is -0.684. The van der Waals surface area contributed by atoms with Gasteiger partial charge in [0.2, 0.25) is 0 Å². The van der Waals surface area contributed by atoms with Crippen LogP contribution in [-0.2, 0) is 24.5 Å². The van der Waals surface area contributed by atoms with Gasteiger partial charge in [0.05, 0.1) is 18.9 Å². The van der Waals surface area contributed by atoms with Crippen molar-refractivity contribution >= 4 is 11.9 Å². The summed E-state index contributed by atoms with van der Waals surface area (Å²) in [6, 6.07) is 19.4. The summed E-state index contributed by atoms with van der Waals surface area (Å²) in [4.78, 5) is 25.8. The van der Waals surface area contributed by atoms with Crippen LogP contribution in [0.5, 0.6) is 0 Å². The maximum absolute atomic E-state index is 13.3. The molecule has 0 heterocycles. The standard InChI is InChI=1S/C29H39NO4.ClH/c1-5-33-28(32)27(30)23(21-12-8-6-9-13-21)19-26(31)34-25-18-20(2)16-17-24(25)29(3,4)22-14-10-7-11-15-22;/h6-15,20,23-25,27H,5,16-19,30H2,1-4H3;1H/t20-,23+,24-,25-,27-;/m1./s1. The van der Waals surface area contributed by atoms with Crippen LogP contribution in [0.2, 0.25) is 0 Å². The van der Waals surface area contributed by atoms with Gasteiger partial charge in [-0.1, -0.05) is 87.9 Å². The van der Waals surface area contributed by atoms with Gasteiger partial charge in [-0.15, -0.1) is 0 Å². The summed E-state index contributed by atoms with van der Waals surface area (Å²) in [5.41, 5.74) is 6.09. The molecule has 192 valence electrons. The van der Waals surface area contributed by atoms with Gasteiger partial charge < -0.3 is 27.6 Å². The SMILES string of the molecule is CCOC(=O)[C@H]([NH3+])[C@@H](CC(=O)O[C@@H]1C[C@H](C)CC[C@H]1C(C)(C)c1ccccc1)c1ccccc1.[Cl-]. The Hall–Kier alpha value is -2.37. The molecule has 5 atom stereocenters. The summed E-state index contributed by atoms with van der Waals surface area (Å²) in [5.74, 6) is -0.330. The first-order chi connectivity index (χ1) is 16.2. The highest BCUT2D eigenvalue weighted by Crippen LogP contribution is 2.44. The van der Waals surface area contributed by atoms with Gasteiger partial charge in [-0.25, -0.2) is 4.79 Å². The van der Waals surface area contributed by atoms with Crippen molar-refractivity contribution < 1.29 is 37.2 Å². The minimum absolute atomic E-state index is 0. The smallest absolute Gasteiger partial charge is 0.365 e. The molecule has 0 aromatic heterocycles. The van der Waals surface area contributed by atoms with Crippen LogP contribution in [0.3, 0.4) is 0 Å². The van der Waals surface area contributed by atoms with Crippen LogP contribution < -0.4 is 18.1 Å². The van der Waals surface area contributed by atoms with E-state index in [1.54, 1.807) is 6.92 Å². The third-order valence-electron chi connectivity index (χ3n) is 7.47. The normalized spacial score (nSPS) is 21.8. The summed E-state index contributed by atoms with van der Waals surface area (Å²) in [5, 5.41) is 0. The monoisotopic (exact) mass is 501 g/mol. The molecule has 0 radical (unpaired) electrons. The fourth-order valence-electron chi connectivity index (χ4n) is 5.37. The van der Waals surface area contributed by atoms with Gasteiger partial charge in [0, 0.05) is 5.92 Å². The van der Waals surface area contributed by atoms with Gasteiger partial charge in [-0.05, 0) is 42.2 Å². The summed E-state index contributed by atoms with van der Waals surface area (Å²) in [6.07, 6.45) is 2.94. The second-order valence-electron chi connectivity index (χ2n) is 10.2. The zero-order valence-electron chi connectivity index (χ0n) is 21.4. The average Bonchev–Trinajstić information content (AvgIpc) is 2.83. The maximum atomic E-state index is 13.3. The molecule has 0 aliphatic heterocycles. The maximum Gasteiger partial charge on any atom is 0.365 e. The lowest BCUT2D eigenvalue weighted by atomic mass is 9.64. The van der Waals surface area contributed by atoms with Crippen LogP contribution in [0.1, 0.15) is 70.4 Å². The number of hydrogen-bond acceptors (Lipinski definition) is 4. The molecule has 0 unspecified atom stereocenters. The Balaban J connectivity index is 0.00000432. The number of carbonyl (C=O) groups is 2. The number of quaternary nitrogens is 1. The van der Waals surface area contributed by atoms with Gasteiger partial charge in [0.15, 0.2) is 6.04 Å². The largest absolute Gasteiger partial charge is 1.00 e. The highest BCUT2D eigenvalue weighted by molar-refractivity contribution is 5.78. The van der Waals surface area contributed by atoms with Crippen LogP contribution in [0.15, 0.2) is 60.7 Å². The van der Waals surface area contributed by atoms with Crippen molar-refractivity contribution in [3.8, 4) is 0 Å². The number of hydrogen-bond donors (Lipinski definition) is 1. The molecule has 1 saturated carbocycles. The molecule has 0 amide bonds. The Morgan fingerprint density at radius 3 is 2.23 bits per heavy atom. The number of rotatable bonds is 9. The van der Waals surface area contributed by atoms with Gasteiger partial charge >= 0.3 is 11.9 Å². The molecule has 2 aromatic carbocycles. The van der Waals surface area contributed by atoms with Gasteiger partial charge in [0.1, 0.15) is 6.10 Å². The van der Waals surface area contributed by atoms with E-state index < -0.39 is 17.9 Å². The number of esters is 2. The zero-order valence-corrected chi connectivity index (χ0v) is 22.2. The van der Waals surface area contributed by atoms with E-state index in [9.17, 15) is 9.59 Å². The van der Waals surface area contributed by atoms with Crippen LogP contribution in [0.4, 0.5) is 0 Å². The minimum Gasteiger partial charge on any atom is -1.00 e. The number of ether oxygens (including phenoxy) is 2. The van der Waals surface area contributed by atoms with Crippen molar-refractivity contribution in [1.29, 1.82) is 0 Å². The molecule has 1 fully saturated rings. The van der Waals surface area contributed by atoms with Crippen LogP contribution in [-0.4, -0.2) is 30.7 Å². The molecule has 3 N–H and O–H groups in total. The topological polar surface area (TPSA) is 80.2 Å². The Morgan fingerprint density at radius 2 is 1.63 bits per heavy atom. The van der Waals surface area contributed by atoms with Crippen LogP contribution >= 0.6 is 0 Å². The molecule has 35 heavy (non-hydrogen) atoms. The van der Waals surface area contributed by atoms with E-state index in [1.807, 2.05) is 36.4 Å². The van der Waals surface area contributed by atoms with Crippen molar-refractivity contribution in [1.82, 2.24) is 0 Å². The Kier molecular flexibility index (Phi) is 10.8. The van der Waals surface area contributed by atoms with E-state index in [2.05, 4.69) is 50.8 Å². The third kappa shape index (κ3) is 7.31. The Bertz CT molecular complexity index is 934. The quantitative estimate of drug-likeness (QED) is 0.530.